The Morgan fingerprint density at radius 2 is 2.26 bits per heavy atom. The number of thiophene rings is 1. The van der Waals surface area contributed by atoms with Crippen LogP contribution < -0.4 is 10.2 Å². The van der Waals surface area contributed by atoms with Gasteiger partial charge in [-0.15, -0.1) is 11.3 Å². The van der Waals surface area contributed by atoms with Crippen LogP contribution in [-0.4, -0.2) is 23.7 Å². The lowest BCUT2D eigenvalue weighted by atomic mass is 10.3. The summed E-state index contributed by atoms with van der Waals surface area (Å²) in [6.45, 7) is 1.57. The number of benzene rings is 1. The first kappa shape index (κ1) is 16.9. The number of nitro benzene ring substituents is 1. The highest BCUT2D eigenvalue weighted by molar-refractivity contribution is 7.13. The van der Waals surface area contributed by atoms with Gasteiger partial charge in [0.25, 0.3) is 5.91 Å². The van der Waals surface area contributed by atoms with Crippen LogP contribution >= 0.6 is 22.9 Å². The smallest absolute Gasteiger partial charge is 0.312 e. The number of aryl methyl sites for hydroxylation is 1. The van der Waals surface area contributed by atoms with Crippen LogP contribution in [0, 0.1) is 17.0 Å². The molecular weight excluding hydrogens is 342 g/mol. The van der Waals surface area contributed by atoms with Gasteiger partial charge in [0.05, 0.1) is 11.1 Å². The zero-order valence-corrected chi connectivity index (χ0v) is 13.6. The van der Waals surface area contributed by atoms with E-state index in [0.717, 1.165) is 15.8 Å². The quantitative estimate of drug-likeness (QED) is 0.490. The molecule has 0 bridgehead atoms. The zero-order valence-electron chi connectivity index (χ0n) is 12.0. The maximum Gasteiger partial charge on any atom is 0.312 e. The van der Waals surface area contributed by atoms with Gasteiger partial charge in [-0.3, -0.25) is 14.9 Å². The van der Waals surface area contributed by atoms with E-state index in [1.807, 2.05) is 19.1 Å². The van der Waals surface area contributed by atoms with Crippen LogP contribution in [0.3, 0.4) is 0 Å². The van der Waals surface area contributed by atoms with Crippen molar-refractivity contribution in [2.45, 2.75) is 6.92 Å². The first-order valence-corrected chi connectivity index (χ1v) is 7.60. The minimum Gasteiger partial charge on any atom is -0.477 e. The van der Waals surface area contributed by atoms with Gasteiger partial charge in [-0.05, 0) is 31.2 Å². The second kappa shape index (κ2) is 7.70. The van der Waals surface area contributed by atoms with E-state index in [2.05, 4.69) is 10.5 Å². The molecule has 0 spiro atoms. The summed E-state index contributed by atoms with van der Waals surface area (Å²) in [7, 11) is 0. The monoisotopic (exact) mass is 353 g/mol. The molecule has 2 rings (SSSR count). The lowest BCUT2D eigenvalue weighted by molar-refractivity contribution is -0.385. The second-order valence-corrected chi connectivity index (χ2v) is 6.16. The van der Waals surface area contributed by atoms with E-state index in [1.54, 1.807) is 0 Å². The van der Waals surface area contributed by atoms with Crippen LogP contribution in [0.5, 0.6) is 5.75 Å². The van der Waals surface area contributed by atoms with E-state index in [1.165, 1.54) is 29.7 Å². The van der Waals surface area contributed by atoms with E-state index in [4.69, 9.17) is 16.3 Å². The number of amides is 1. The summed E-state index contributed by atoms with van der Waals surface area (Å²) in [6, 6.07) is 7.76. The summed E-state index contributed by atoms with van der Waals surface area (Å²) in [5, 5.41) is 14.9. The van der Waals surface area contributed by atoms with Crippen molar-refractivity contribution < 1.29 is 14.5 Å². The number of hydrazone groups is 1. The van der Waals surface area contributed by atoms with Crippen molar-refractivity contribution in [3.63, 3.8) is 0 Å². The van der Waals surface area contributed by atoms with Gasteiger partial charge in [0.15, 0.2) is 12.4 Å². The zero-order chi connectivity index (χ0) is 16.8. The Kier molecular flexibility index (Phi) is 5.67. The van der Waals surface area contributed by atoms with Gasteiger partial charge < -0.3 is 4.74 Å². The molecule has 23 heavy (non-hydrogen) atoms. The molecule has 0 aliphatic carbocycles. The van der Waals surface area contributed by atoms with Crippen molar-refractivity contribution in [3.8, 4) is 5.75 Å². The minimum atomic E-state index is -0.629. The largest absolute Gasteiger partial charge is 0.477 e. The predicted octanol–water partition coefficient (Wildman–Crippen LogP) is 3.15. The van der Waals surface area contributed by atoms with Crippen molar-refractivity contribution in [2.75, 3.05) is 6.61 Å². The van der Waals surface area contributed by atoms with Gasteiger partial charge in [0.2, 0.25) is 0 Å². The van der Waals surface area contributed by atoms with Crippen molar-refractivity contribution in [1.82, 2.24) is 5.43 Å². The number of nitrogens with zero attached hydrogens (tertiary/aromatic N) is 2. The Morgan fingerprint density at radius 3 is 2.91 bits per heavy atom. The van der Waals surface area contributed by atoms with E-state index in [9.17, 15) is 14.9 Å². The number of hydrogen-bond acceptors (Lipinski definition) is 6. The third-order valence-electron chi connectivity index (χ3n) is 2.62. The number of ether oxygens (including phenoxy) is 1. The molecule has 0 radical (unpaired) electrons. The molecule has 0 aliphatic rings. The fourth-order valence-electron chi connectivity index (χ4n) is 1.62. The summed E-state index contributed by atoms with van der Waals surface area (Å²) in [5.74, 6) is -0.564. The van der Waals surface area contributed by atoms with Crippen LogP contribution in [0.15, 0.2) is 35.4 Å². The molecule has 1 N–H and O–H groups in total. The standard InChI is InChI=1S/C14H12ClN3O4S/c1-9-2-4-11(23-9)7-16-17-14(19)8-22-13-5-3-10(15)6-12(13)18(20)21/h2-7H,8H2,1H3,(H,17,19)/b16-7+. The van der Waals surface area contributed by atoms with Gasteiger partial charge in [-0.1, -0.05) is 11.6 Å². The molecule has 1 heterocycles. The Balaban J connectivity index is 1.89. The number of carbonyl (C=O) groups excluding carboxylic acids is 1. The summed E-state index contributed by atoms with van der Waals surface area (Å²) in [6.07, 6.45) is 1.51. The number of nitrogens with one attached hydrogen (secondary N) is 1. The Hall–Kier alpha value is -2.45. The number of hydrogen-bond donors (Lipinski definition) is 1. The summed E-state index contributed by atoms with van der Waals surface area (Å²) >= 11 is 7.23. The lowest BCUT2D eigenvalue weighted by Crippen LogP contribution is -2.24. The molecular formula is C14H12ClN3O4S. The van der Waals surface area contributed by atoms with E-state index < -0.39 is 17.4 Å². The molecule has 0 aliphatic heterocycles. The molecule has 0 unspecified atom stereocenters. The van der Waals surface area contributed by atoms with E-state index in [0.29, 0.717) is 0 Å². The highest BCUT2D eigenvalue weighted by atomic mass is 35.5. The summed E-state index contributed by atoms with van der Waals surface area (Å²) in [4.78, 5) is 23.9. The van der Waals surface area contributed by atoms with Gasteiger partial charge in [0.1, 0.15) is 0 Å². The number of halogens is 1. The third-order valence-corrected chi connectivity index (χ3v) is 3.79. The summed E-state index contributed by atoms with van der Waals surface area (Å²) in [5.41, 5.74) is 1.98. The first-order valence-electron chi connectivity index (χ1n) is 6.41. The highest BCUT2D eigenvalue weighted by Crippen LogP contribution is 2.29. The van der Waals surface area contributed by atoms with Crippen LogP contribution in [0.4, 0.5) is 5.69 Å². The third kappa shape index (κ3) is 5.04. The average molecular weight is 354 g/mol. The average Bonchev–Trinajstić information content (AvgIpc) is 2.91. The Morgan fingerprint density at radius 1 is 1.48 bits per heavy atom. The Labute approximate surface area is 140 Å². The number of rotatable bonds is 6. The minimum absolute atomic E-state index is 0.0348. The van der Waals surface area contributed by atoms with Gasteiger partial charge in [-0.2, -0.15) is 5.10 Å². The first-order chi connectivity index (χ1) is 11.0. The van der Waals surface area contributed by atoms with Crippen LogP contribution in [0.1, 0.15) is 9.75 Å². The van der Waals surface area contributed by atoms with Crippen LogP contribution in [0.2, 0.25) is 5.02 Å². The molecule has 9 heteroatoms. The SMILES string of the molecule is Cc1ccc(/C=N/NC(=O)COc2ccc(Cl)cc2[N+](=O)[O-])s1. The topological polar surface area (TPSA) is 93.8 Å². The molecule has 0 atom stereocenters. The molecule has 120 valence electrons. The highest BCUT2D eigenvalue weighted by Gasteiger charge is 2.16. The maximum absolute atomic E-state index is 11.6. The van der Waals surface area contributed by atoms with Crippen LogP contribution in [-0.2, 0) is 4.79 Å². The van der Waals surface area contributed by atoms with Crippen molar-refractivity contribution in [1.29, 1.82) is 0 Å². The number of carbonyl (C=O) groups is 1. The van der Waals surface area contributed by atoms with Gasteiger partial charge in [0, 0.05) is 20.8 Å². The van der Waals surface area contributed by atoms with Gasteiger partial charge in [-0.25, -0.2) is 5.43 Å². The van der Waals surface area contributed by atoms with E-state index in [-0.39, 0.29) is 16.5 Å². The lowest BCUT2D eigenvalue weighted by Gasteiger charge is -2.05. The maximum atomic E-state index is 11.6. The molecule has 1 aromatic heterocycles. The molecule has 0 saturated heterocycles. The van der Waals surface area contributed by atoms with Crippen molar-refractivity contribution in [3.05, 3.63) is 55.2 Å². The van der Waals surface area contributed by atoms with Gasteiger partial charge >= 0.3 is 5.69 Å². The summed E-state index contributed by atoms with van der Waals surface area (Å²) < 4.78 is 5.14. The predicted molar refractivity (Wildman–Crippen MR) is 88.4 cm³/mol. The fourth-order valence-corrected chi connectivity index (χ4v) is 2.54. The molecule has 0 saturated carbocycles. The second-order valence-electron chi connectivity index (χ2n) is 4.40. The normalized spacial score (nSPS) is 10.7. The molecule has 1 amide bonds. The van der Waals surface area contributed by atoms with E-state index >= 15 is 0 Å². The fraction of sp³-hybridized carbons (Fsp3) is 0.143. The molecule has 1 aromatic carbocycles. The molecule has 0 fully saturated rings. The molecule has 2 aromatic rings. The van der Waals surface area contributed by atoms with Crippen molar-refractivity contribution >= 4 is 40.7 Å². The Bertz CT molecular complexity index is 760. The van der Waals surface area contributed by atoms with Crippen LogP contribution in [0.25, 0.3) is 0 Å². The number of nitro groups is 1. The van der Waals surface area contributed by atoms with Crippen molar-refractivity contribution in [2.24, 2.45) is 5.10 Å². The molecule has 7 nitrogen and oxygen atoms in total.